The van der Waals surface area contributed by atoms with Crippen LogP contribution in [0.1, 0.15) is 24.5 Å². The van der Waals surface area contributed by atoms with Crippen molar-refractivity contribution in [2.24, 2.45) is 0 Å². The Labute approximate surface area is 92.8 Å². The van der Waals surface area contributed by atoms with E-state index in [9.17, 15) is 8.78 Å². The van der Waals surface area contributed by atoms with Crippen LogP contribution in [0.15, 0.2) is 18.3 Å². The number of aromatic nitrogens is 1. The van der Waals surface area contributed by atoms with Gasteiger partial charge in [0.2, 0.25) is 0 Å². The molecule has 3 nitrogen and oxygen atoms in total. The Morgan fingerprint density at radius 3 is 2.81 bits per heavy atom. The molecular weight excluding hydrogens is 214 g/mol. The molecule has 16 heavy (non-hydrogen) atoms. The summed E-state index contributed by atoms with van der Waals surface area (Å²) in [6, 6.07) is 3.17. The minimum Gasteiger partial charge on any atom is -0.433 e. The lowest BCUT2D eigenvalue weighted by molar-refractivity contribution is -0.0510. The van der Waals surface area contributed by atoms with Crippen molar-refractivity contribution in [3.63, 3.8) is 0 Å². The normalized spacial score (nSPS) is 17.7. The maximum atomic E-state index is 12.2. The number of piperidine rings is 1. The summed E-state index contributed by atoms with van der Waals surface area (Å²) in [7, 11) is 0. The molecule has 2 heterocycles. The van der Waals surface area contributed by atoms with Crippen LogP contribution in [0.5, 0.6) is 5.75 Å². The average molecular weight is 228 g/mol. The van der Waals surface area contributed by atoms with E-state index in [-0.39, 0.29) is 11.7 Å². The summed E-state index contributed by atoms with van der Waals surface area (Å²) < 4.78 is 28.9. The zero-order chi connectivity index (χ0) is 11.4. The van der Waals surface area contributed by atoms with Crippen LogP contribution in [-0.4, -0.2) is 24.7 Å². The molecule has 0 unspecified atom stereocenters. The van der Waals surface area contributed by atoms with Crippen LogP contribution in [0.3, 0.4) is 0 Å². The molecule has 1 aliphatic heterocycles. The van der Waals surface area contributed by atoms with E-state index in [4.69, 9.17) is 0 Å². The second kappa shape index (κ2) is 5.21. The van der Waals surface area contributed by atoms with E-state index in [0.29, 0.717) is 5.69 Å². The average Bonchev–Trinajstić information content (AvgIpc) is 2.30. The molecule has 0 aliphatic carbocycles. The number of rotatable bonds is 3. The second-order valence-corrected chi connectivity index (χ2v) is 3.79. The molecule has 0 amide bonds. The Morgan fingerprint density at radius 1 is 1.38 bits per heavy atom. The summed E-state index contributed by atoms with van der Waals surface area (Å²) >= 11 is 0. The molecule has 0 radical (unpaired) electrons. The fraction of sp³-hybridized carbons (Fsp3) is 0.545. The van der Waals surface area contributed by atoms with E-state index < -0.39 is 6.61 Å². The number of pyridine rings is 1. The van der Waals surface area contributed by atoms with Gasteiger partial charge in [0.15, 0.2) is 0 Å². The highest BCUT2D eigenvalue weighted by Gasteiger charge is 2.21. The van der Waals surface area contributed by atoms with Crippen LogP contribution in [0.25, 0.3) is 0 Å². The predicted octanol–water partition coefficient (Wildman–Crippen LogP) is 2.15. The summed E-state index contributed by atoms with van der Waals surface area (Å²) in [5, 5.41) is 3.23. The number of alkyl halides is 2. The maximum absolute atomic E-state index is 12.2. The Bertz CT molecular complexity index is 341. The van der Waals surface area contributed by atoms with Gasteiger partial charge < -0.3 is 10.1 Å². The molecular formula is C11H14F2N2O. The molecule has 5 heteroatoms. The monoisotopic (exact) mass is 228 g/mol. The molecule has 1 N–H and O–H groups in total. The summed E-state index contributed by atoms with van der Waals surface area (Å²) in [5.74, 6) is 0.431. The van der Waals surface area contributed by atoms with Gasteiger partial charge in [0.05, 0.1) is 5.69 Å². The highest BCUT2D eigenvalue weighted by atomic mass is 19.3. The Kier molecular flexibility index (Phi) is 3.66. The molecule has 0 atom stereocenters. The maximum Gasteiger partial charge on any atom is 0.387 e. The van der Waals surface area contributed by atoms with E-state index in [2.05, 4.69) is 15.0 Å². The van der Waals surface area contributed by atoms with Gasteiger partial charge in [0.25, 0.3) is 0 Å². The third kappa shape index (κ3) is 2.66. The number of ether oxygens (including phenoxy) is 1. The van der Waals surface area contributed by atoms with Gasteiger partial charge >= 0.3 is 6.61 Å². The number of halogens is 2. The van der Waals surface area contributed by atoms with E-state index >= 15 is 0 Å². The van der Waals surface area contributed by atoms with Crippen LogP contribution in [-0.2, 0) is 0 Å². The third-order valence-electron chi connectivity index (χ3n) is 2.74. The van der Waals surface area contributed by atoms with Crippen molar-refractivity contribution >= 4 is 0 Å². The van der Waals surface area contributed by atoms with E-state index in [1.807, 2.05) is 0 Å². The van der Waals surface area contributed by atoms with E-state index in [1.165, 1.54) is 0 Å². The lowest BCUT2D eigenvalue weighted by Crippen LogP contribution is -2.27. The predicted molar refractivity (Wildman–Crippen MR) is 55.7 cm³/mol. The highest BCUT2D eigenvalue weighted by molar-refractivity contribution is 5.30. The Morgan fingerprint density at radius 2 is 2.12 bits per heavy atom. The molecule has 1 saturated heterocycles. The minimum absolute atomic E-state index is 0.212. The molecule has 88 valence electrons. The summed E-state index contributed by atoms with van der Waals surface area (Å²) in [6.45, 7) is -0.991. The molecule has 1 fully saturated rings. The van der Waals surface area contributed by atoms with Crippen LogP contribution in [0.4, 0.5) is 8.78 Å². The van der Waals surface area contributed by atoms with Gasteiger partial charge in [-0.2, -0.15) is 8.78 Å². The van der Waals surface area contributed by atoms with Crippen molar-refractivity contribution in [3.05, 3.63) is 24.0 Å². The Balaban J connectivity index is 2.17. The molecule has 0 spiro atoms. The number of hydrogen-bond donors (Lipinski definition) is 1. The number of hydrogen-bond acceptors (Lipinski definition) is 3. The first-order valence-electron chi connectivity index (χ1n) is 5.38. The largest absolute Gasteiger partial charge is 0.433 e. The summed E-state index contributed by atoms with van der Waals surface area (Å²) in [5.41, 5.74) is 0.657. The first kappa shape index (κ1) is 11.3. The van der Waals surface area contributed by atoms with E-state index in [1.54, 1.807) is 18.3 Å². The van der Waals surface area contributed by atoms with E-state index in [0.717, 1.165) is 25.9 Å². The fourth-order valence-electron chi connectivity index (χ4n) is 2.00. The zero-order valence-electron chi connectivity index (χ0n) is 8.83. The van der Waals surface area contributed by atoms with Crippen molar-refractivity contribution in [1.82, 2.24) is 10.3 Å². The Hall–Kier alpha value is -1.23. The zero-order valence-corrected chi connectivity index (χ0v) is 8.83. The van der Waals surface area contributed by atoms with Crippen LogP contribution >= 0.6 is 0 Å². The van der Waals surface area contributed by atoms with Crippen molar-refractivity contribution in [2.75, 3.05) is 13.1 Å². The molecule has 0 bridgehead atoms. The van der Waals surface area contributed by atoms with Crippen molar-refractivity contribution in [3.8, 4) is 5.75 Å². The van der Waals surface area contributed by atoms with Crippen molar-refractivity contribution in [2.45, 2.75) is 25.4 Å². The number of nitrogens with zero attached hydrogens (tertiary/aromatic N) is 1. The van der Waals surface area contributed by atoms with Gasteiger partial charge in [-0.15, -0.1) is 0 Å². The topological polar surface area (TPSA) is 34.1 Å². The first-order valence-corrected chi connectivity index (χ1v) is 5.38. The molecule has 0 saturated carbocycles. The lowest BCUT2D eigenvalue weighted by Gasteiger charge is -2.23. The van der Waals surface area contributed by atoms with Gasteiger partial charge in [-0.1, -0.05) is 0 Å². The van der Waals surface area contributed by atoms with Crippen LogP contribution in [0.2, 0.25) is 0 Å². The van der Waals surface area contributed by atoms with Crippen LogP contribution < -0.4 is 10.1 Å². The van der Waals surface area contributed by atoms with Crippen LogP contribution in [0, 0.1) is 0 Å². The molecule has 1 aromatic heterocycles. The molecule has 0 aromatic carbocycles. The fourth-order valence-corrected chi connectivity index (χ4v) is 2.00. The smallest absolute Gasteiger partial charge is 0.387 e. The van der Waals surface area contributed by atoms with Crippen molar-refractivity contribution in [1.29, 1.82) is 0 Å². The lowest BCUT2D eigenvalue weighted by atomic mass is 9.93. The quantitative estimate of drug-likeness (QED) is 0.860. The van der Waals surface area contributed by atoms with Gasteiger partial charge in [-0.3, -0.25) is 4.98 Å². The van der Waals surface area contributed by atoms with Gasteiger partial charge in [-0.25, -0.2) is 0 Å². The third-order valence-corrected chi connectivity index (χ3v) is 2.74. The van der Waals surface area contributed by atoms with Gasteiger partial charge in [0, 0.05) is 12.1 Å². The van der Waals surface area contributed by atoms with Gasteiger partial charge in [0.1, 0.15) is 5.75 Å². The standard InChI is InChI=1S/C11H14F2N2O/c12-11(13)16-9-2-1-5-15-10(9)8-3-6-14-7-4-8/h1-2,5,8,11,14H,3-4,6-7H2. The SMILES string of the molecule is FC(F)Oc1cccnc1C1CCNCC1. The minimum atomic E-state index is -2.79. The highest BCUT2D eigenvalue weighted by Crippen LogP contribution is 2.31. The summed E-state index contributed by atoms with van der Waals surface area (Å²) in [4.78, 5) is 4.17. The molecule has 2 rings (SSSR count). The van der Waals surface area contributed by atoms with Gasteiger partial charge in [-0.05, 0) is 38.1 Å². The first-order chi connectivity index (χ1) is 7.77. The second-order valence-electron chi connectivity index (χ2n) is 3.79. The summed E-state index contributed by atoms with van der Waals surface area (Å²) in [6.07, 6.45) is 3.45. The molecule has 1 aromatic rings. The van der Waals surface area contributed by atoms with Crippen molar-refractivity contribution < 1.29 is 13.5 Å². The molecule has 1 aliphatic rings. The number of nitrogens with one attached hydrogen (secondary N) is 1.